The van der Waals surface area contributed by atoms with Crippen LogP contribution in [-0.2, 0) is 22.7 Å². The number of rotatable bonds is 4. The summed E-state index contributed by atoms with van der Waals surface area (Å²) < 4.78 is 23.4. The number of hydrogen-bond acceptors (Lipinski definition) is 6. The SMILES string of the molecule is CS(=O)(=O)c1ccc(C(=N)On2nc(C(N)=O)c3c2-c2ccccc2CC3)c(Cl)c1. The average Bonchev–Trinajstić information content (AvgIpc) is 3.06. The van der Waals surface area contributed by atoms with Crippen LogP contribution < -0.4 is 10.6 Å². The van der Waals surface area contributed by atoms with E-state index in [9.17, 15) is 13.2 Å². The smallest absolute Gasteiger partial charge is 0.269 e. The first-order valence-corrected chi connectivity index (χ1v) is 11.2. The summed E-state index contributed by atoms with van der Waals surface area (Å²) >= 11 is 6.19. The Hall–Kier alpha value is -3.17. The summed E-state index contributed by atoms with van der Waals surface area (Å²) in [6, 6.07) is 11.6. The van der Waals surface area contributed by atoms with Crippen molar-refractivity contribution in [2.75, 3.05) is 6.26 Å². The molecule has 1 aromatic heterocycles. The molecule has 3 aromatic rings. The Labute approximate surface area is 177 Å². The number of hydrogen-bond donors (Lipinski definition) is 2. The number of amides is 1. The van der Waals surface area contributed by atoms with E-state index in [1.54, 1.807) is 0 Å². The number of primary amides is 1. The number of aromatic nitrogens is 2. The van der Waals surface area contributed by atoms with Crippen LogP contribution in [0.2, 0.25) is 5.02 Å². The summed E-state index contributed by atoms with van der Waals surface area (Å²) in [7, 11) is -3.44. The largest absolute Gasteiger partial charge is 0.364 e. The van der Waals surface area contributed by atoms with Crippen LogP contribution in [0.3, 0.4) is 0 Å². The molecule has 2 aromatic carbocycles. The van der Waals surface area contributed by atoms with Crippen LogP contribution in [0.25, 0.3) is 11.3 Å². The zero-order valence-corrected chi connectivity index (χ0v) is 17.4. The maximum absolute atomic E-state index is 11.9. The number of halogens is 1. The van der Waals surface area contributed by atoms with E-state index in [2.05, 4.69) is 5.10 Å². The Kier molecular flexibility index (Phi) is 4.87. The maximum atomic E-state index is 11.9. The second-order valence-corrected chi connectivity index (χ2v) is 9.33. The van der Waals surface area contributed by atoms with Crippen LogP contribution in [0, 0.1) is 5.41 Å². The third kappa shape index (κ3) is 3.46. The Bertz CT molecular complexity index is 1310. The number of sulfone groups is 1. The molecule has 3 N–H and O–H groups in total. The molecule has 0 saturated heterocycles. The van der Waals surface area contributed by atoms with E-state index in [-0.39, 0.29) is 27.1 Å². The van der Waals surface area contributed by atoms with Gasteiger partial charge in [0.05, 0.1) is 15.5 Å². The van der Waals surface area contributed by atoms with Crippen molar-refractivity contribution in [1.82, 2.24) is 9.94 Å². The molecule has 10 heteroatoms. The van der Waals surface area contributed by atoms with Crippen molar-refractivity contribution < 1.29 is 18.0 Å². The lowest BCUT2D eigenvalue weighted by Gasteiger charge is -2.18. The van der Waals surface area contributed by atoms with E-state index in [0.29, 0.717) is 17.7 Å². The van der Waals surface area contributed by atoms with Crippen molar-refractivity contribution >= 4 is 33.2 Å². The third-order valence-corrected chi connectivity index (χ3v) is 6.32. The molecule has 8 nitrogen and oxygen atoms in total. The Morgan fingerprint density at radius 3 is 2.63 bits per heavy atom. The number of fused-ring (bicyclic) bond motifs is 3. The van der Waals surface area contributed by atoms with Crippen LogP contribution in [0.4, 0.5) is 0 Å². The van der Waals surface area contributed by atoms with E-state index >= 15 is 0 Å². The van der Waals surface area contributed by atoms with Gasteiger partial charge in [-0.05, 0) is 36.6 Å². The highest BCUT2D eigenvalue weighted by atomic mass is 35.5. The molecule has 1 amide bonds. The van der Waals surface area contributed by atoms with Crippen molar-refractivity contribution in [3.05, 3.63) is 69.9 Å². The summed E-state index contributed by atoms with van der Waals surface area (Å²) in [6.07, 6.45) is 2.36. The molecule has 0 fully saturated rings. The third-order valence-electron chi connectivity index (χ3n) is 4.90. The van der Waals surface area contributed by atoms with Crippen molar-refractivity contribution in [3.63, 3.8) is 0 Å². The molecule has 0 radical (unpaired) electrons. The monoisotopic (exact) mass is 444 g/mol. The summed E-state index contributed by atoms with van der Waals surface area (Å²) in [5.74, 6) is -1.04. The fourth-order valence-electron chi connectivity index (χ4n) is 3.47. The van der Waals surface area contributed by atoms with E-state index in [0.717, 1.165) is 28.6 Å². The maximum Gasteiger partial charge on any atom is 0.269 e. The fourth-order valence-corrected chi connectivity index (χ4v) is 4.45. The second-order valence-electron chi connectivity index (χ2n) is 6.90. The molecule has 0 bridgehead atoms. The summed E-state index contributed by atoms with van der Waals surface area (Å²) in [6.45, 7) is 0. The highest BCUT2D eigenvalue weighted by molar-refractivity contribution is 7.90. The van der Waals surface area contributed by atoms with Crippen LogP contribution in [-0.4, -0.2) is 36.4 Å². The van der Waals surface area contributed by atoms with E-state index in [1.165, 1.54) is 18.2 Å². The predicted molar refractivity (Wildman–Crippen MR) is 112 cm³/mol. The lowest BCUT2D eigenvalue weighted by Crippen LogP contribution is -2.23. The molecule has 1 heterocycles. The van der Waals surface area contributed by atoms with Gasteiger partial charge in [0.25, 0.3) is 5.91 Å². The molecule has 0 saturated carbocycles. The standard InChI is InChI=1S/C20H17ClN4O4S/c1-30(27,28)12-7-9-14(16(21)10-12)20(23)29-25-18-13-5-3-2-4-11(13)6-8-15(18)17(24-25)19(22)26/h2-5,7,9-10,23H,6,8H2,1H3,(H2,22,26). The van der Waals surface area contributed by atoms with Crippen LogP contribution in [0.1, 0.15) is 27.2 Å². The molecule has 1 aliphatic carbocycles. The van der Waals surface area contributed by atoms with Gasteiger partial charge in [-0.15, -0.1) is 5.10 Å². The van der Waals surface area contributed by atoms with Gasteiger partial charge in [0.15, 0.2) is 15.5 Å². The topological polar surface area (TPSA) is 128 Å². The number of benzene rings is 2. The minimum Gasteiger partial charge on any atom is -0.364 e. The molecule has 30 heavy (non-hydrogen) atoms. The van der Waals surface area contributed by atoms with Gasteiger partial charge in [-0.1, -0.05) is 40.7 Å². The number of nitrogens with two attached hydrogens (primary N) is 1. The highest BCUT2D eigenvalue weighted by Crippen LogP contribution is 2.35. The quantitative estimate of drug-likeness (QED) is 0.471. The van der Waals surface area contributed by atoms with Gasteiger partial charge in [-0.25, -0.2) is 8.42 Å². The van der Waals surface area contributed by atoms with E-state index in [4.69, 9.17) is 27.6 Å². The number of carbonyl (C=O) groups excluding carboxylic acids is 1. The second kappa shape index (κ2) is 7.26. The van der Waals surface area contributed by atoms with Gasteiger partial charge in [-0.2, -0.15) is 0 Å². The normalized spacial score (nSPS) is 12.7. The van der Waals surface area contributed by atoms with Gasteiger partial charge < -0.3 is 10.6 Å². The van der Waals surface area contributed by atoms with Crippen molar-refractivity contribution in [2.45, 2.75) is 17.7 Å². The predicted octanol–water partition coefficient (Wildman–Crippen LogP) is 2.26. The molecule has 0 atom stereocenters. The van der Waals surface area contributed by atoms with Crippen molar-refractivity contribution in [2.24, 2.45) is 5.73 Å². The first kappa shape index (κ1) is 20.1. The fraction of sp³-hybridized carbons (Fsp3) is 0.150. The van der Waals surface area contributed by atoms with Crippen LogP contribution in [0.15, 0.2) is 47.4 Å². The lowest BCUT2D eigenvalue weighted by molar-refractivity contribution is 0.0989. The van der Waals surface area contributed by atoms with Crippen molar-refractivity contribution in [1.29, 1.82) is 5.41 Å². The number of carbonyl (C=O) groups is 1. The Morgan fingerprint density at radius 1 is 1.23 bits per heavy atom. The van der Waals surface area contributed by atoms with Crippen molar-refractivity contribution in [3.8, 4) is 11.3 Å². The number of aryl methyl sites for hydroxylation is 1. The average molecular weight is 445 g/mol. The van der Waals surface area contributed by atoms with Gasteiger partial charge in [0.2, 0.25) is 5.90 Å². The van der Waals surface area contributed by atoms with E-state index in [1.807, 2.05) is 24.3 Å². The molecule has 0 unspecified atom stereocenters. The van der Waals surface area contributed by atoms with Gasteiger partial charge >= 0.3 is 0 Å². The van der Waals surface area contributed by atoms with Gasteiger partial charge in [-0.3, -0.25) is 10.2 Å². The zero-order chi connectivity index (χ0) is 21.6. The minimum atomic E-state index is -3.44. The number of nitrogens with zero attached hydrogens (tertiary/aromatic N) is 2. The molecule has 0 spiro atoms. The number of nitrogens with one attached hydrogen (secondary N) is 1. The molecule has 0 aliphatic heterocycles. The first-order valence-electron chi connectivity index (χ1n) is 8.93. The first-order chi connectivity index (χ1) is 14.2. The van der Waals surface area contributed by atoms with Crippen LogP contribution in [0.5, 0.6) is 0 Å². The Morgan fingerprint density at radius 2 is 1.97 bits per heavy atom. The highest BCUT2D eigenvalue weighted by Gasteiger charge is 2.29. The molecule has 154 valence electrons. The molecule has 4 rings (SSSR count). The summed E-state index contributed by atoms with van der Waals surface area (Å²) in [5.41, 5.74) is 8.88. The van der Waals surface area contributed by atoms with Gasteiger partial charge in [0, 0.05) is 17.4 Å². The molecular weight excluding hydrogens is 428 g/mol. The van der Waals surface area contributed by atoms with E-state index < -0.39 is 15.7 Å². The van der Waals surface area contributed by atoms with Gasteiger partial charge in [0.1, 0.15) is 5.69 Å². The molecular formula is C20H17ClN4O4S. The lowest BCUT2D eigenvalue weighted by atomic mass is 9.89. The molecule has 1 aliphatic rings. The summed E-state index contributed by atoms with van der Waals surface area (Å²) in [5, 5.41) is 12.5. The zero-order valence-electron chi connectivity index (χ0n) is 15.8. The minimum absolute atomic E-state index is 0.0328. The Balaban J connectivity index is 1.76. The van der Waals surface area contributed by atoms with Crippen LogP contribution >= 0.6 is 11.6 Å². The summed E-state index contributed by atoms with van der Waals surface area (Å²) in [4.78, 5) is 18.7.